The van der Waals surface area contributed by atoms with Gasteiger partial charge in [-0.05, 0) is 67.6 Å². The van der Waals surface area contributed by atoms with Crippen molar-refractivity contribution >= 4 is 51.2 Å². The Morgan fingerprint density at radius 1 is 1.00 bits per heavy atom. The second kappa shape index (κ2) is 11.7. The van der Waals surface area contributed by atoms with Gasteiger partial charge in [-0.1, -0.05) is 0 Å². The number of hydrogen-bond acceptors (Lipinski definition) is 11. The summed E-state index contributed by atoms with van der Waals surface area (Å²) in [6.45, 7) is 1.58. The monoisotopic (exact) mass is 567 g/mol. The van der Waals surface area contributed by atoms with E-state index in [2.05, 4.69) is 15.8 Å². The van der Waals surface area contributed by atoms with Crippen LogP contribution in [-0.4, -0.2) is 40.5 Å². The second-order valence-corrected chi connectivity index (χ2v) is 9.54. The van der Waals surface area contributed by atoms with Crippen molar-refractivity contribution in [3.05, 3.63) is 84.3 Å². The number of esters is 1. The highest BCUT2D eigenvalue weighted by Gasteiger charge is 2.29. The molecule has 2 N–H and O–H groups in total. The summed E-state index contributed by atoms with van der Waals surface area (Å²) in [6.07, 6.45) is 2.37. The summed E-state index contributed by atoms with van der Waals surface area (Å²) in [5.74, 6) is -2.61. The predicted molar refractivity (Wildman–Crippen MR) is 143 cm³/mol. The smallest absolute Gasteiger partial charge is 0.341 e. The van der Waals surface area contributed by atoms with Gasteiger partial charge in [0.05, 0.1) is 34.3 Å². The Balaban J connectivity index is 1.40. The molecule has 206 valence electrons. The minimum atomic E-state index is -1.05. The standard InChI is InChI=1S/C25H21N5O9S/c1-13(14-6-9-16(10-7-14)39-19-11-8-15(29(34)35)12-18(19)30(36)37)27-28-23(32)22(31)26-24-21(25(33)38-2)17-4-3-5-20(17)40-24/h6-12H,3-5H2,1-2H3,(H,26,31)(H,28,32). The lowest BCUT2D eigenvalue weighted by Crippen LogP contribution is -2.33. The quantitative estimate of drug-likeness (QED) is 0.132. The molecule has 0 saturated heterocycles. The summed E-state index contributed by atoms with van der Waals surface area (Å²) >= 11 is 1.24. The zero-order valence-corrected chi connectivity index (χ0v) is 21.9. The van der Waals surface area contributed by atoms with Crippen molar-refractivity contribution in [2.45, 2.75) is 26.2 Å². The highest BCUT2D eigenvalue weighted by Crippen LogP contribution is 2.39. The lowest BCUT2D eigenvalue weighted by molar-refractivity contribution is -0.394. The third-order valence-corrected chi connectivity index (χ3v) is 7.13. The maximum atomic E-state index is 12.5. The van der Waals surface area contributed by atoms with E-state index in [-0.39, 0.29) is 22.1 Å². The molecule has 1 aromatic heterocycles. The number of nitro benzene ring substituents is 2. The van der Waals surface area contributed by atoms with Crippen LogP contribution in [0, 0.1) is 20.2 Å². The molecule has 0 unspecified atom stereocenters. The van der Waals surface area contributed by atoms with E-state index in [0.717, 1.165) is 41.5 Å². The molecule has 0 aliphatic heterocycles. The molecule has 0 bridgehead atoms. The fourth-order valence-electron chi connectivity index (χ4n) is 3.96. The molecule has 15 heteroatoms. The number of hydrogen-bond donors (Lipinski definition) is 2. The van der Waals surface area contributed by atoms with Crippen LogP contribution in [0.15, 0.2) is 47.6 Å². The molecular weight excluding hydrogens is 546 g/mol. The van der Waals surface area contributed by atoms with E-state index in [1.54, 1.807) is 19.1 Å². The summed E-state index contributed by atoms with van der Waals surface area (Å²) in [5.41, 5.74) is 3.12. The molecule has 0 fully saturated rings. The molecule has 2 aromatic carbocycles. The molecule has 40 heavy (non-hydrogen) atoms. The SMILES string of the molecule is COC(=O)c1c(NC(=O)C(=O)NN=C(C)c2ccc(Oc3ccc([N+](=O)[O-])cc3[N+](=O)[O-])cc2)sc2c1CCC2. The molecule has 4 rings (SSSR count). The van der Waals surface area contributed by atoms with Crippen molar-refractivity contribution in [2.75, 3.05) is 12.4 Å². The molecule has 0 radical (unpaired) electrons. The van der Waals surface area contributed by atoms with Gasteiger partial charge in [0, 0.05) is 10.9 Å². The Kier molecular flexibility index (Phi) is 8.14. The van der Waals surface area contributed by atoms with Crippen LogP contribution in [0.3, 0.4) is 0 Å². The van der Waals surface area contributed by atoms with Crippen LogP contribution in [0.5, 0.6) is 11.5 Å². The number of nitrogens with zero attached hydrogens (tertiary/aromatic N) is 3. The third-order valence-electron chi connectivity index (χ3n) is 5.92. The first-order valence-electron chi connectivity index (χ1n) is 11.7. The predicted octanol–water partition coefficient (Wildman–Crippen LogP) is 4.11. The molecule has 1 heterocycles. The molecule has 0 atom stereocenters. The lowest BCUT2D eigenvalue weighted by atomic mass is 10.1. The number of aryl methyl sites for hydroxylation is 1. The van der Waals surface area contributed by atoms with E-state index in [0.29, 0.717) is 17.7 Å². The first kappa shape index (κ1) is 27.8. The second-order valence-electron chi connectivity index (χ2n) is 8.44. The number of ether oxygens (including phenoxy) is 2. The summed E-state index contributed by atoms with van der Waals surface area (Å²) in [7, 11) is 1.25. The van der Waals surface area contributed by atoms with E-state index in [4.69, 9.17) is 9.47 Å². The Labute approximate surface area is 229 Å². The van der Waals surface area contributed by atoms with Gasteiger partial charge in [-0.25, -0.2) is 10.2 Å². The van der Waals surface area contributed by atoms with Crippen molar-refractivity contribution < 1.29 is 33.7 Å². The number of thiophene rings is 1. The fraction of sp³-hybridized carbons (Fsp3) is 0.200. The first-order valence-corrected chi connectivity index (χ1v) is 12.5. The molecule has 1 aliphatic carbocycles. The highest BCUT2D eigenvalue weighted by atomic mass is 32.1. The van der Waals surface area contributed by atoms with Crippen LogP contribution in [-0.2, 0) is 27.2 Å². The zero-order chi connectivity index (χ0) is 29.0. The third kappa shape index (κ3) is 5.94. The number of carbonyl (C=O) groups is 3. The van der Waals surface area contributed by atoms with Gasteiger partial charge in [-0.3, -0.25) is 29.8 Å². The Morgan fingerprint density at radius 3 is 2.38 bits per heavy atom. The van der Waals surface area contributed by atoms with Gasteiger partial charge < -0.3 is 14.8 Å². The van der Waals surface area contributed by atoms with Gasteiger partial charge >= 0.3 is 23.5 Å². The van der Waals surface area contributed by atoms with Gasteiger partial charge in [-0.2, -0.15) is 5.10 Å². The van der Waals surface area contributed by atoms with E-state index >= 15 is 0 Å². The largest absolute Gasteiger partial charge is 0.465 e. The van der Waals surface area contributed by atoms with Crippen molar-refractivity contribution in [1.82, 2.24) is 5.43 Å². The lowest BCUT2D eigenvalue weighted by Gasteiger charge is -2.08. The number of hydrazone groups is 1. The van der Waals surface area contributed by atoms with E-state index in [1.165, 1.54) is 30.6 Å². The van der Waals surface area contributed by atoms with Crippen LogP contribution in [0.1, 0.15) is 39.7 Å². The number of nitrogens with one attached hydrogen (secondary N) is 2. The zero-order valence-electron chi connectivity index (χ0n) is 21.1. The number of rotatable bonds is 8. The number of fused-ring (bicyclic) bond motifs is 1. The Morgan fingerprint density at radius 2 is 1.73 bits per heavy atom. The summed E-state index contributed by atoms with van der Waals surface area (Å²) in [6, 6.07) is 9.13. The summed E-state index contributed by atoms with van der Waals surface area (Å²) < 4.78 is 10.4. The minimum absolute atomic E-state index is 0.182. The molecule has 2 amide bonds. The fourth-order valence-corrected chi connectivity index (χ4v) is 5.23. The molecule has 0 spiro atoms. The number of carbonyl (C=O) groups excluding carboxylic acids is 3. The van der Waals surface area contributed by atoms with E-state index in [9.17, 15) is 34.6 Å². The number of non-ortho nitro benzene ring substituents is 1. The summed E-state index contributed by atoms with van der Waals surface area (Å²) in [5, 5.41) is 28.9. The van der Waals surface area contributed by atoms with Crippen LogP contribution < -0.4 is 15.5 Å². The molecule has 1 aliphatic rings. The minimum Gasteiger partial charge on any atom is -0.465 e. The molecular formula is C25H21N5O9S. The van der Waals surface area contributed by atoms with Crippen molar-refractivity contribution in [3.63, 3.8) is 0 Å². The van der Waals surface area contributed by atoms with Crippen molar-refractivity contribution in [2.24, 2.45) is 5.10 Å². The van der Waals surface area contributed by atoms with Gasteiger partial charge in [-0.15, -0.1) is 11.3 Å². The van der Waals surface area contributed by atoms with Crippen LogP contribution in [0.2, 0.25) is 0 Å². The Hall–Kier alpha value is -5.18. The normalized spacial score (nSPS) is 12.3. The number of anilines is 1. The number of benzene rings is 2. The summed E-state index contributed by atoms with van der Waals surface area (Å²) in [4.78, 5) is 58.7. The topological polar surface area (TPSA) is 192 Å². The van der Waals surface area contributed by atoms with Crippen LogP contribution >= 0.6 is 11.3 Å². The van der Waals surface area contributed by atoms with E-state index < -0.39 is 39.0 Å². The number of amides is 2. The Bertz CT molecular complexity index is 1560. The number of nitro groups is 2. The van der Waals surface area contributed by atoms with Gasteiger partial charge in [0.1, 0.15) is 10.8 Å². The average Bonchev–Trinajstić information content (AvgIpc) is 3.52. The highest BCUT2D eigenvalue weighted by molar-refractivity contribution is 7.17. The molecule has 14 nitrogen and oxygen atoms in total. The van der Waals surface area contributed by atoms with Crippen LogP contribution in [0.4, 0.5) is 16.4 Å². The molecule has 0 saturated carbocycles. The number of methoxy groups -OCH3 is 1. The van der Waals surface area contributed by atoms with Gasteiger partial charge in [0.2, 0.25) is 5.75 Å². The maximum absolute atomic E-state index is 12.5. The average molecular weight is 568 g/mol. The first-order chi connectivity index (χ1) is 19.1. The van der Waals surface area contributed by atoms with Gasteiger partial charge in [0.15, 0.2) is 0 Å². The van der Waals surface area contributed by atoms with Crippen molar-refractivity contribution in [1.29, 1.82) is 0 Å². The van der Waals surface area contributed by atoms with Crippen LogP contribution in [0.25, 0.3) is 0 Å². The maximum Gasteiger partial charge on any atom is 0.341 e. The van der Waals surface area contributed by atoms with Gasteiger partial charge in [0.25, 0.3) is 5.69 Å². The van der Waals surface area contributed by atoms with E-state index in [1.807, 2.05) is 0 Å². The molecule has 3 aromatic rings. The van der Waals surface area contributed by atoms with Crippen molar-refractivity contribution in [3.8, 4) is 11.5 Å².